The number of aromatic nitrogens is 2. The number of nitrogens with zero attached hydrogens (tertiary/aromatic N) is 2. The van der Waals surface area contributed by atoms with Gasteiger partial charge in [-0.25, -0.2) is 9.97 Å². The maximum Gasteiger partial charge on any atom is 0.219 e. The van der Waals surface area contributed by atoms with Gasteiger partial charge in [-0.05, 0) is 73.5 Å². The molecular weight excluding hydrogens is 500 g/mol. The lowest BCUT2D eigenvalue weighted by atomic mass is 10.2. The molecular formula is C34H40N2O4. The molecule has 0 aliphatic carbocycles. The van der Waals surface area contributed by atoms with Crippen LogP contribution in [0.5, 0.6) is 34.8 Å². The van der Waals surface area contributed by atoms with Crippen molar-refractivity contribution in [3.8, 4) is 46.1 Å². The average molecular weight is 541 g/mol. The Morgan fingerprint density at radius 2 is 0.850 bits per heavy atom. The van der Waals surface area contributed by atoms with Crippen LogP contribution < -0.4 is 18.9 Å². The van der Waals surface area contributed by atoms with E-state index in [-0.39, 0.29) is 0 Å². The zero-order valence-corrected chi connectivity index (χ0v) is 23.7. The number of rotatable bonds is 17. The first kappa shape index (κ1) is 28.9. The molecule has 0 N–H and O–H groups in total. The molecule has 0 saturated heterocycles. The van der Waals surface area contributed by atoms with Crippen molar-refractivity contribution < 1.29 is 18.9 Å². The molecule has 2 heterocycles. The Kier molecular flexibility index (Phi) is 11.7. The van der Waals surface area contributed by atoms with Crippen molar-refractivity contribution in [2.45, 2.75) is 65.2 Å². The van der Waals surface area contributed by atoms with E-state index in [0.717, 1.165) is 37.6 Å². The number of hydrogen-bond acceptors (Lipinski definition) is 6. The zero-order chi connectivity index (χ0) is 27.8. The molecule has 0 saturated carbocycles. The highest BCUT2D eigenvalue weighted by Gasteiger charge is 2.08. The molecule has 0 radical (unpaired) electrons. The lowest BCUT2D eigenvalue weighted by Crippen LogP contribution is -1.97. The van der Waals surface area contributed by atoms with E-state index in [1.165, 1.54) is 38.5 Å². The van der Waals surface area contributed by atoms with E-state index in [4.69, 9.17) is 18.9 Å². The van der Waals surface area contributed by atoms with Crippen LogP contribution in [0.4, 0.5) is 0 Å². The summed E-state index contributed by atoms with van der Waals surface area (Å²) in [5.41, 5.74) is 1.39. The van der Waals surface area contributed by atoms with Gasteiger partial charge in [0, 0.05) is 12.1 Å². The second kappa shape index (κ2) is 16.1. The summed E-state index contributed by atoms with van der Waals surface area (Å²) < 4.78 is 23.6. The van der Waals surface area contributed by atoms with E-state index in [9.17, 15) is 0 Å². The number of benzene rings is 2. The standard InChI is InChI=1S/C34H40N2O4/c1-3-5-7-9-25-37-27-17-21-29(22-18-27)39-33-15-11-13-31(35-33)32-14-12-16-34(36-32)40-30-23-19-28(20-24-30)38-26-10-8-6-4-2/h11-24H,3-10,25-26H2,1-2H3. The maximum absolute atomic E-state index is 6.00. The van der Waals surface area contributed by atoms with Crippen molar-refractivity contribution in [2.75, 3.05) is 13.2 Å². The summed E-state index contributed by atoms with van der Waals surface area (Å²) in [4.78, 5) is 9.32. The number of hydrogen-bond donors (Lipinski definition) is 0. The normalized spacial score (nSPS) is 10.8. The van der Waals surface area contributed by atoms with Crippen LogP contribution in [-0.2, 0) is 0 Å². The van der Waals surface area contributed by atoms with Gasteiger partial charge in [0.25, 0.3) is 0 Å². The third-order valence-electron chi connectivity index (χ3n) is 6.34. The van der Waals surface area contributed by atoms with Gasteiger partial charge < -0.3 is 18.9 Å². The van der Waals surface area contributed by atoms with Crippen molar-refractivity contribution in [1.82, 2.24) is 9.97 Å². The van der Waals surface area contributed by atoms with E-state index >= 15 is 0 Å². The minimum absolute atomic E-state index is 0.490. The first-order valence-corrected chi connectivity index (χ1v) is 14.5. The Hall–Kier alpha value is -4.06. The number of unbranched alkanes of at least 4 members (excludes halogenated alkanes) is 6. The van der Waals surface area contributed by atoms with Gasteiger partial charge in [-0.1, -0.05) is 64.5 Å². The highest BCUT2D eigenvalue weighted by molar-refractivity contribution is 5.55. The van der Waals surface area contributed by atoms with Crippen LogP contribution in [0.15, 0.2) is 84.9 Å². The van der Waals surface area contributed by atoms with Gasteiger partial charge in [0.15, 0.2) is 0 Å². The Morgan fingerprint density at radius 3 is 1.25 bits per heavy atom. The van der Waals surface area contributed by atoms with Crippen LogP contribution in [0.1, 0.15) is 65.2 Å². The predicted molar refractivity (Wildman–Crippen MR) is 160 cm³/mol. The monoisotopic (exact) mass is 540 g/mol. The molecule has 0 bridgehead atoms. The van der Waals surface area contributed by atoms with Crippen molar-refractivity contribution in [1.29, 1.82) is 0 Å². The molecule has 40 heavy (non-hydrogen) atoms. The molecule has 0 amide bonds. The van der Waals surface area contributed by atoms with Crippen LogP contribution in [0.3, 0.4) is 0 Å². The van der Waals surface area contributed by atoms with Crippen LogP contribution in [0, 0.1) is 0 Å². The Bertz CT molecular complexity index is 1170. The second-order valence-electron chi connectivity index (χ2n) is 9.69. The first-order chi connectivity index (χ1) is 19.7. The summed E-state index contributed by atoms with van der Waals surface area (Å²) in [6.07, 6.45) is 9.49. The summed E-state index contributed by atoms with van der Waals surface area (Å²) in [5, 5.41) is 0. The molecule has 6 heteroatoms. The Labute approximate surface area is 238 Å². The summed E-state index contributed by atoms with van der Waals surface area (Å²) in [7, 11) is 0. The fourth-order valence-corrected chi connectivity index (χ4v) is 4.12. The largest absolute Gasteiger partial charge is 0.494 e. The lowest BCUT2D eigenvalue weighted by molar-refractivity contribution is 0.304. The van der Waals surface area contributed by atoms with Gasteiger partial charge in [-0.2, -0.15) is 0 Å². The fraction of sp³-hybridized carbons (Fsp3) is 0.353. The molecule has 2 aromatic heterocycles. The Balaban J connectivity index is 1.31. The molecule has 4 aromatic rings. The van der Waals surface area contributed by atoms with Crippen LogP contribution in [0.2, 0.25) is 0 Å². The van der Waals surface area contributed by atoms with Crippen molar-refractivity contribution in [3.63, 3.8) is 0 Å². The SMILES string of the molecule is CCCCCCOc1ccc(Oc2cccc(-c3cccc(Oc4ccc(OCCCCCC)cc4)n3)n2)cc1. The molecule has 0 spiro atoms. The molecule has 210 valence electrons. The van der Waals surface area contributed by atoms with Crippen molar-refractivity contribution in [2.24, 2.45) is 0 Å². The Morgan fingerprint density at radius 1 is 0.450 bits per heavy atom. The van der Waals surface area contributed by atoms with Gasteiger partial charge >= 0.3 is 0 Å². The summed E-state index contributed by atoms with van der Waals surface area (Å²) >= 11 is 0. The molecule has 0 aliphatic rings. The molecule has 0 aliphatic heterocycles. The van der Waals surface area contributed by atoms with Gasteiger partial charge in [0.05, 0.1) is 24.6 Å². The molecule has 0 fully saturated rings. The quantitative estimate of drug-likeness (QED) is 0.124. The lowest BCUT2D eigenvalue weighted by Gasteiger charge is -2.10. The minimum atomic E-state index is 0.490. The van der Waals surface area contributed by atoms with Crippen LogP contribution in [0.25, 0.3) is 11.4 Å². The smallest absolute Gasteiger partial charge is 0.219 e. The van der Waals surface area contributed by atoms with E-state index in [1.807, 2.05) is 84.9 Å². The third-order valence-corrected chi connectivity index (χ3v) is 6.34. The highest BCUT2D eigenvalue weighted by Crippen LogP contribution is 2.27. The molecule has 0 atom stereocenters. The summed E-state index contributed by atoms with van der Waals surface area (Å²) in [6.45, 7) is 5.89. The van der Waals surface area contributed by atoms with Gasteiger partial charge in [-0.15, -0.1) is 0 Å². The summed E-state index contributed by atoms with van der Waals surface area (Å²) in [6, 6.07) is 26.5. The van der Waals surface area contributed by atoms with Gasteiger partial charge in [-0.3, -0.25) is 0 Å². The van der Waals surface area contributed by atoms with Crippen LogP contribution >= 0.6 is 0 Å². The van der Waals surface area contributed by atoms with Crippen molar-refractivity contribution >= 4 is 0 Å². The summed E-state index contributed by atoms with van der Waals surface area (Å²) in [5.74, 6) is 4.06. The number of ether oxygens (including phenoxy) is 4. The second-order valence-corrected chi connectivity index (χ2v) is 9.69. The number of pyridine rings is 2. The average Bonchev–Trinajstić information content (AvgIpc) is 2.99. The van der Waals surface area contributed by atoms with E-state index in [2.05, 4.69) is 23.8 Å². The predicted octanol–water partition coefficient (Wildman–Crippen LogP) is 9.65. The van der Waals surface area contributed by atoms with Gasteiger partial charge in [0.1, 0.15) is 23.0 Å². The first-order valence-electron chi connectivity index (χ1n) is 14.5. The van der Waals surface area contributed by atoms with E-state index in [1.54, 1.807) is 0 Å². The topological polar surface area (TPSA) is 62.7 Å². The van der Waals surface area contributed by atoms with E-state index < -0.39 is 0 Å². The molecule has 2 aromatic carbocycles. The third kappa shape index (κ3) is 9.60. The molecule has 4 rings (SSSR count). The minimum Gasteiger partial charge on any atom is -0.494 e. The van der Waals surface area contributed by atoms with Crippen LogP contribution in [-0.4, -0.2) is 23.2 Å². The fourth-order valence-electron chi connectivity index (χ4n) is 4.12. The zero-order valence-electron chi connectivity index (χ0n) is 23.7. The molecule has 6 nitrogen and oxygen atoms in total. The highest BCUT2D eigenvalue weighted by atomic mass is 16.5. The molecule has 0 unspecified atom stereocenters. The van der Waals surface area contributed by atoms with E-state index in [0.29, 0.717) is 34.6 Å². The van der Waals surface area contributed by atoms with Gasteiger partial charge in [0.2, 0.25) is 11.8 Å². The maximum atomic E-state index is 6.00. The van der Waals surface area contributed by atoms with Crippen molar-refractivity contribution in [3.05, 3.63) is 84.9 Å².